The van der Waals surface area contributed by atoms with E-state index in [0.29, 0.717) is 25.7 Å². The number of hydrogen-bond acceptors (Lipinski definition) is 5. The minimum Gasteiger partial charge on any atom is -0.617 e. The van der Waals surface area contributed by atoms with Crippen LogP contribution in [0.4, 0.5) is 5.69 Å². The van der Waals surface area contributed by atoms with Crippen molar-refractivity contribution < 1.29 is 9.46 Å². The molecule has 3 aromatic carbocycles. The first-order chi connectivity index (χ1) is 16.6. The Morgan fingerprint density at radius 1 is 0.857 bits per heavy atom. The summed E-state index contributed by atoms with van der Waals surface area (Å²) in [6, 6.07) is 24.1. The lowest BCUT2D eigenvalue weighted by Crippen LogP contribution is -2.46. The molecule has 1 aliphatic heterocycles. The Kier molecular flexibility index (Phi) is 7.27. The van der Waals surface area contributed by atoms with Crippen LogP contribution < -0.4 is 14.4 Å². The molecule has 0 amide bonds. The molecule has 35 heavy (non-hydrogen) atoms. The van der Waals surface area contributed by atoms with E-state index in [9.17, 15) is 15.7 Å². The van der Waals surface area contributed by atoms with Gasteiger partial charge in [-0.1, -0.05) is 60.1 Å². The molecule has 0 spiro atoms. The summed E-state index contributed by atoms with van der Waals surface area (Å²) in [5.74, 6) is 0. The number of anilines is 1. The number of benzene rings is 3. The summed E-state index contributed by atoms with van der Waals surface area (Å²) in [6.45, 7) is 4.08. The third-order valence-electron chi connectivity index (χ3n) is 6.23. The maximum atomic E-state index is 13.4. The maximum Gasteiger partial charge on any atom is 0.369 e. The number of nitriles is 1. The quantitative estimate of drug-likeness (QED) is 0.307. The molecule has 1 aromatic heterocycles. The van der Waals surface area contributed by atoms with Gasteiger partial charge in [0.05, 0.1) is 16.3 Å². The normalized spacial score (nSPS) is 13.9. The molecule has 1 saturated heterocycles. The molecule has 0 N–H and O–H groups in total. The van der Waals surface area contributed by atoms with Crippen LogP contribution >= 0.6 is 24.0 Å². The van der Waals surface area contributed by atoms with E-state index < -0.39 is 0 Å². The summed E-state index contributed by atoms with van der Waals surface area (Å²) in [4.78, 5) is 4.52. The molecule has 7 nitrogen and oxygen atoms in total. The minimum atomic E-state index is -0.257. The van der Waals surface area contributed by atoms with Crippen LogP contribution in [-0.2, 0) is 6.54 Å². The summed E-state index contributed by atoms with van der Waals surface area (Å²) in [5.41, 5.74) is 2.52. The van der Waals surface area contributed by atoms with Gasteiger partial charge in [0.1, 0.15) is 0 Å². The first kappa shape index (κ1) is 24.6. The van der Waals surface area contributed by atoms with Crippen LogP contribution in [0, 0.1) is 21.7 Å². The fourth-order valence-corrected chi connectivity index (χ4v) is 4.76. The summed E-state index contributed by atoms with van der Waals surface area (Å²) in [5, 5.41) is 36.4. The molecule has 178 valence electrons. The van der Waals surface area contributed by atoms with Crippen molar-refractivity contribution in [2.45, 2.75) is 6.54 Å². The van der Waals surface area contributed by atoms with Crippen LogP contribution in [-0.4, -0.2) is 31.1 Å². The number of hydrogen-bond donors (Lipinski definition) is 0. The van der Waals surface area contributed by atoms with Crippen molar-refractivity contribution >= 4 is 40.7 Å². The van der Waals surface area contributed by atoms with Crippen molar-refractivity contribution in [3.8, 4) is 17.3 Å². The smallest absolute Gasteiger partial charge is 0.369 e. The molecule has 9 heteroatoms. The molecule has 4 aromatic rings. The Labute approximate surface area is 214 Å². The molecule has 0 aliphatic carbocycles. The Bertz CT molecular complexity index is 1390. The Balaban J connectivity index is 0.00000289. The summed E-state index contributed by atoms with van der Waals surface area (Å²) in [6.07, 6.45) is 0. The molecule has 0 unspecified atom stereocenters. The van der Waals surface area contributed by atoms with Gasteiger partial charge in [0.25, 0.3) is 11.0 Å². The van der Waals surface area contributed by atoms with Gasteiger partial charge in [-0.2, -0.15) is 9.99 Å². The van der Waals surface area contributed by atoms with Crippen LogP contribution in [0.5, 0.6) is 0 Å². The van der Waals surface area contributed by atoms with Crippen molar-refractivity contribution in [1.29, 1.82) is 5.26 Å². The van der Waals surface area contributed by atoms with Gasteiger partial charge in [-0.25, -0.2) is 0 Å². The van der Waals surface area contributed by atoms with E-state index in [-0.39, 0.29) is 34.8 Å². The van der Waals surface area contributed by atoms with Crippen LogP contribution in [0.25, 0.3) is 22.3 Å². The van der Waals surface area contributed by atoms with E-state index in [1.54, 1.807) is 30.3 Å². The predicted octanol–water partition coefficient (Wildman–Crippen LogP) is 4.04. The zero-order valence-corrected chi connectivity index (χ0v) is 20.4. The van der Waals surface area contributed by atoms with Crippen molar-refractivity contribution in [3.63, 3.8) is 0 Å². The highest BCUT2D eigenvalue weighted by Crippen LogP contribution is 2.31. The fourth-order valence-electron chi connectivity index (χ4n) is 4.48. The Hall–Kier alpha value is -3.57. The first-order valence-electron chi connectivity index (χ1n) is 11.1. The third kappa shape index (κ3) is 4.69. The van der Waals surface area contributed by atoms with Gasteiger partial charge in [0.15, 0.2) is 6.07 Å². The lowest BCUT2D eigenvalue weighted by Gasteiger charge is -2.36. The molecule has 1 fully saturated rings. The lowest BCUT2D eigenvalue weighted by atomic mass is 10.1. The lowest BCUT2D eigenvalue weighted by molar-refractivity contribution is -0.622. The number of fused-ring (bicyclic) bond motifs is 1. The Morgan fingerprint density at radius 2 is 1.46 bits per heavy atom. The van der Waals surface area contributed by atoms with E-state index in [1.165, 1.54) is 11.6 Å². The van der Waals surface area contributed by atoms with Gasteiger partial charge in [-0.3, -0.25) is 4.90 Å². The maximum absolute atomic E-state index is 13.4. The zero-order chi connectivity index (χ0) is 23.7. The standard InChI is InChI=1S/C26H22ClN5O2.ClH/c27-21-15-23-24(32(34)26(25(17-28)31(23)33)20-9-5-2-6-10-20)16-22(21)30-13-11-29(12-14-30)18-19-7-3-1-4-8-19;/h1-10,15-16H,11-14,18H2;1H. The monoisotopic (exact) mass is 507 g/mol. The van der Waals surface area contributed by atoms with E-state index in [2.05, 4.69) is 21.9 Å². The van der Waals surface area contributed by atoms with Gasteiger partial charge >= 0.3 is 11.4 Å². The highest BCUT2D eigenvalue weighted by atomic mass is 35.5. The molecule has 0 bridgehead atoms. The second-order valence-electron chi connectivity index (χ2n) is 8.30. The third-order valence-corrected chi connectivity index (χ3v) is 6.53. The fraction of sp³-hybridized carbons (Fsp3) is 0.192. The zero-order valence-electron chi connectivity index (χ0n) is 18.8. The average Bonchev–Trinajstić information content (AvgIpc) is 2.87. The Morgan fingerprint density at radius 3 is 2.09 bits per heavy atom. The average molecular weight is 508 g/mol. The molecular formula is C26H23Cl2N5O2. The number of halogens is 2. The van der Waals surface area contributed by atoms with Crippen LogP contribution in [0.15, 0.2) is 72.8 Å². The second-order valence-corrected chi connectivity index (χ2v) is 8.71. The molecule has 0 radical (unpaired) electrons. The van der Waals surface area contributed by atoms with Crippen molar-refractivity contribution in [2.24, 2.45) is 0 Å². The van der Waals surface area contributed by atoms with E-state index in [4.69, 9.17) is 11.6 Å². The highest BCUT2D eigenvalue weighted by molar-refractivity contribution is 6.34. The van der Waals surface area contributed by atoms with Gasteiger partial charge in [-0.05, 0) is 17.7 Å². The summed E-state index contributed by atoms with van der Waals surface area (Å²) >= 11 is 6.58. The van der Waals surface area contributed by atoms with Crippen molar-refractivity contribution in [3.05, 3.63) is 99.5 Å². The largest absolute Gasteiger partial charge is 0.617 e. The number of nitrogens with zero attached hydrogens (tertiary/aromatic N) is 5. The van der Waals surface area contributed by atoms with Gasteiger partial charge in [0.2, 0.25) is 0 Å². The van der Waals surface area contributed by atoms with E-state index in [0.717, 1.165) is 32.7 Å². The SMILES string of the molecule is Cl.N#Cc1c(-c2ccccc2)[n+]([O-])c2cc(N3CCN(Cc4ccccc4)CC3)c(Cl)cc2[n+]1[O-]. The summed E-state index contributed by atoms with van der Waals surface area (Å²) in [7, 11) is 0. The molecular weight excluding hydrogens is 485 g/mol. The van der Waals surface area contributed by atoms with Gasteiger partial charge in [-0.15, -0.1) is 17.1 Å². The minimum absolute atomic E-state index is 0. The first-order valence-corrected chi connectivity index (χ1v) is 11.4. The number of rotatable bonds is 4. The van der Waals surface area contributed by atoms with E-state index in [1.807, 2.05) is 30.3 Å². The highest BCUT2D eigenvalue weighted by Gasteiger charge is 2.31. The molecule has 5 rings (SSSR count). The molecule has 2 heterocycles. The van der Waals surface area contributed by atoms with E-state index >= 15 is 0 Å². The van der Waals surface area contributed by atoms with Crippen molar-refractivity contribution in [1.82, 2.24) is 4.90 Å². The second kappa shape index (κ2) is 10.4. The molecule has 0 saturated carbocycles. The van der Waals surface area contributed by atoms with Crippen LogP contribution in [0.1, 0.15) is 11.3 Å². The predicted molar refractivity (Wildman–Crippen MR) is 138 cm³/mol. The van der Waals surface area contributed by atoms with Crippen LogP contribution in [0.2, 0.25) is 5.02 Å². The van der Waals surface area contributed by atoms with Gasteiger partial charge < -0.3 is 15.3 Å². The number of piperazine rings is 1. The van der Waals surface area contributed by atoms with Crippen molar-refractivity contribution in [2.75, 3.05) is 31.1 Å². The van der Waals surface area contributed by atoms with Gasteiger partial charge in [0, 0.05) is 44.9 Å². The topological polar surface area (TPSA) is 84.2 Å². The number of aromatic nitrogens is 2. The van der Waals surface area contributed by atoms with Crippen LogP contribution in [0.3, 0.4) is 0 Å². The molecule has 0 atom stereocenters. The summed E-state index contributed by atoms with van der Waals surface area (Å²) < 4.78 is 1.17. The molecule has 1 aliphatic rings.